The van der Waals surface area contributed by atoms with Crippen LogP contribution in [0.15, 0.2) is 30.3 Å². The second-order valence-electron chi connectivity index (χ2n) is 5.00. The molecular weight excluding hydrogens is 230 g/mol. The molecule has 1 saturated heterocycles. The number of carbonyl (C=O) groups excluding carboxylic acids is 1. The van der Waals surface area contributed by atoms with Gasteiger partial charge in [-0.1, -0.05) is 49.0 Å². The van der Waals surface area contributed by atoms with Crippen LogP contribution in [-0.2, 0) is 5.54 Å². The van der Waals surface area contributed by atoms with Crippen molar-refractivity contribution < 1.29 is 4.79 Å². The first-order valence-corrected chi connectivity index (χ1v) is 6.91. The summed E-state index contributed by atoms with van der Waals surface area (Å²) in [5.74, 6) is 0. The lowest BCUT2D eigenvalue weighted by Crippen LogP contribution is -2.48. The third-order valence-corrected chi connectivity index (χ3v) is 4.85. The lowest BCUT2D eigenvalue weighted by molar-refractivity contribution is 0.127. The minimum atomic E-state index is -0.197. The molecule has 17 heavy (non-hydrogen) atoms. The molecule has 92 valence electrons. The maximum atomic E-state index is 12.1. The van der Waals surface area contributed by atoms with Crippen LogP contribution in [0.5, 0.6) is 0 Å². The van der Waals surface area contributed by atoms with Crippen LogP contribution < -0.4 is 0 Å². The SMILES string of the molecule is CC(C)N1C(=O)SC(C)C1(C)c1ccccc1. The summed E-state index contributed by atoms with van der Waals surface area (Å²) in [4.78, 5) is 14.1. The van der Waals surface area contributed by atoms with Gasteiger partial charge in [0.25, 0.3) is 5.24 Å². The van der Waals surface area contributed by atoms with Crippen molar-refractivity contribution >= 4 is 17.0 Å². The van der Waals surface area contributed by atoms with Crippen LogP contribution >= 0.6 is 11.8 Å². The zero-order chi connectivity index (χ0) is 12.6. The summed E-state index contributed by atoms with van der Waals surface area (Å²) >= 11 is 1.45. The quantitative estimate of drug-likeness (QED) is 0.793. The fourth-order valence-corrected chi connectivity index (χ4v) is 3.90. The molecule has 0 spiro atoms. The van der Waals surface area contributed by atoms with Crippen LogP contribution in [0.4, 0.5) is 4.79 Å². The highest BCUT2D eigenvalue weighted by Gasteiger charge is 2.50. The number of amides is 1. The van der Waals surface area contributed by atoms with E-state index in [1.54, 1.807) is 0 Å². The van der Waals surface area contributed by atoms with E-state index in [1.807, 2.05) is 23.1 Å². The molecule has 1 fully saturated rings. The van der Waals surface area contributed by atoms with E-state index in [1.165, 1.54) is 17.3 Å². The molecule has 1 heterocycles. The Morgan fingerprint density at radius 2 is 1.88 bits per heavy atom. The smallest absolute Gasteiger partial charge is 0.282 e. The molecule has 2 rings (SSSR count). The van der Waals surface area contributed by atoms with Crippen molar-refractivity contribution in [2.24, 2.45) is 0 Å². The van der Waals surface area contributed by atoms with Gasteiger partial charge in [-0.3, -0.25) is 4.79 Å². The second kappa shape index (κ2) is 4.37. The summed E-state index contributed by atoms with van der Waals surface area (Å²) in [5.41, 5.74) is 1.02. The summed E-state index contributed by atoms with van der Waals surface area (Å²) in [6, 6.07) is 10.6. The zero-order valence-electron chi connectivity index (χ0n) is 10.8. The van der Waals surface area contributed by atoms with Gasteiger partial charge in [0.05, 0.1) is 5.54 Å². The van der Waals surface area contributed by atoms with Crippen molar-refractivity contribution in [1.29, 1.82) is 0 Å². The van der Waals surface area contributed by atoms with Crippen molar-refractivity contribution in [2.75, 3.05) is 0 Å². The lowest BCUT2D eigenvalue weighted by atomic mass is 9.86. The molecule has 1 aromatic carbocycles. The number of thioether (sulfide) groups is 1. The molecule has 0 aliphatic carbocycles. The maximum Gasteiger partial charge on any atom is 0.282 e. The minimum absolute atomic E-state index is 0.193. The van der Waals surface area contributed by atoms with Crippen molar-refractivity contribution in [2.45, 2.75) is 44.5 Å². The van der Waals surface area contributed by atoms with Gasteiger partial charge in [0.1, 0.15) is 0 Å². The van der Waals surface area contributed by atoms with E-state index in [0.29, 0.717) is 0 Å². The molecule has 2 unspecified atom stereocenters. The first kappa shape index (κ1) is 12.5. The van der Waals surface area contributed by atoms with Gasteiger partial charge in [0.15, 0.2) is 0 Å². The molecule has 0 radical (unpaired) electrons. The highest BCUT2D eigenvalue weighted by molar-refractivity contribution is 8.14. The van der Waals surface area contributed by atoms with Crippen LogP contribution in [0.25, 0.3) is 0 Å². The van der Waals surface area contributed by atoms with E-state index >= 15 is 0 Å². The van der Waals surface area contributed by atoms with Gasteiger partial charge < -0.3 is 4.90 Å². The fraction of sp³-hybridized carbons (Fsp3) is 0.500. The lowest BCUT2D eigenvalue weighted by Gasteiger charge is -2.40. The second-order valence-corrected chi connectivity index (χ2v) is 6.30. The Hall–Kier alpha value is -0.960. The Balaban J connectivity index is 2.50. The third kappa shape index (κ3) is 1.86. The van der Waals surface area contributed by atoms with Crippen molar-refractivity contribution in [1.82, 2.24) is 4.90 Å². The van der Waals surface area contributed by atoms with E-state index in [2.05, 4.69) is 39.8 Å². The molecule has 0 bridgehead atoms. The van der Waals surface area contributed by atoms with Gasteiger partial charge in [-0.2, -0.15) is 0 Å². The molecule has 0 saturated carbocycles. The molecule has 0 N–H and O–H groups in total. The van der Waals surface area contributed by atoms with E-state index in [-0.39, 0.29) is 22.1 Å². The van der Waals surface area contributed by atoms with Gasteiger partial charge in [-0.05, 0) is 26.3 Å². The van der Waals surface area contributed by atoms with E-state index in [0.717, 1.165) is 0 Å². The van der Waals surface area contributed by atoms with Crippen LogP contribution in [-0.4, -0.2) is 21.4 Å². The molecule has 1 aromatic rings. The molecule has 0 aromatic heterocycles. The van der Waals surface area contributed by atoms with Crippen LogP contribution in [0.2, 0.25) is 0 Å². The molecule has 3 heteroatoms. The highest BCUT2D eigenvalue weighted by Crippen LogP contribution is 2.47. The Labute approximate surface area is 107 Å². The first-order valence-electron chi connectivity index (χ1n) is 6.03. The predicted octanol–water partition coefficient (Wildman–Crippen LogP) is 3.87. The number of benzene rings is 1. The van der Waals surface area contributed by atoms with Gasteiger partial charge in [-0.15, -0.1) is 0 Å². The van der Waals surface area contributed by atoms with Gasteiger partial charge in [-0.25, -0.2) is 0 Å². The van der Waals surface area contributed by atoms with Gasteiger partial charge in [0.2, 0.25) is 0 Å². The summed E-state index contributed by atoms with van der Waals surface area (Å²) in [6.45, 7) is 8.47. The molecule has 1 aliphatic rings. The third-order valence-electron chi connectivity index (χ3n) is 3.64. The molecule has 2 atom stereocenters. The van der Waals surface area contributed by atoms with Crippen molar-refractivity contribution in [3.05, 3.63) is 35.9 Å². The average Bonchev–Trinajstić information content (AvgIpc) is 2.51. The fourth-order valence-electron chi connectivity index (χ4n) is 2.60. The number of hydrogen-bond donors (Lipinski definition) is 0. The van der Waals surface area contributed by atoms with Crippen LogP contribution in [0.3, 0.4) is 0 Å². The van der Waals surface area contributed by atoms with Crippen LogP contribution in [0.1, 0.15) is 33.3 Å². The standard InChI is InChI=1S/C14H19NOS/c1-10(2)15-13(16)17-11(3)14(15,4)12-8-6-5-7-9-12/h5-11H,1-4H3. The topological polar surface area (TPSA) is 20.3 Å². The Morgan fingerprint density at radius 1 is 1.29 bits per heavy atom. The maximum absolute atomic E-state index is 12.1. The Bertz CT molecular complexity index is 417. The average molecular weight is 249 g/mol. The van der Waals surface area contributed by atoms with E-state index in [4.69, 9.17) is 0 Å². The summed E-state index contributed by atoms with van der Waals surface area (Å²) < 4.78 is 0. The van der Waals surface area contributed by atoms with Crippen LogP contribution in [0, 0.1) is 0 Å². The molecule has 1 amide bonds. The normalized spacial score (nSPS) is 29.1. The summed E-state index contributed by atoms with van der Waals surface area (Å²) in [5, 5.41) is 0.471. The Morgan fingerprint density at radius 3 is 2.41 bits per heavy atom. The first-order chi connectivity index (χ1) is 7.98. The van der Waals surface area contributed by atoms with Crippen molar-refractivity contribution in [3.63, 3.8) is 0 Å². The molecule has 2 nitrogen and oxygen atoms in total. The highest BCUT2D eigenvalue weighted by atomic mass is 32.2. The zero-order valence-corrected chi connectivity index (χ0v) is 11.6. The Kier molecular flexibility index (Phi) is 3.21. The summed E-state index contributed by atoms with van der Waals surface area (Å²) in [6.07, 6.45) is 0. The van der Waals surface area contributed by atoms with E-state index < -0.39 is 0 Å². The molecular formula is C14H19NOS. The summed E-state index contributed by atoms with van der Waals surface area (Å²) in [7, 11) is 0. The molecule has 1 aliphatic heterocycles. The predicted molar refractivity (Wildman–Crippen MR) is 73.2 cm³/mol. The number of nitrogens with zero attached hydrogens (tertiary/aromatic N) is 1. The van der Waals surface area contributed by atoms with E-state index in [9.17, 15) is 4.79 Å². The largest absolute Gasteiger partial charge is 0.321 e. The monoisotopic (exact) mass is 249 g/mol. The number of rotatable bonds is 2. The number of carbonyl (C=O) groups is 1. The van der Waals surface area contributed by atoms with Gasteiger partial charge in [0, 0.05) is 11.3 Å². The number of hydrogen-bond acceptors (Lipinski definition) is 2. The van der Waals surface area contributed by atoms with Gasteiger partial charge >= 0.3 is 0 Å². The minimum Gasteiger partial charge on any atom is -0.321 e. The van der Waals surface area contributed by atoms with Crippen molar-refractivity contribution in [3.8, 4) is 0 Å².